The first-order chi connectivity index (χ1) is 21.7. The van der Waals surface area contributed by atoms with Crippen LogP contribution in [0.1, 0.15) is 131 Å². The number of hydrogen-bond acceptors (Lipinski definition) is 1. The van der Waals surface area contributed by atoms with Crippen LogP contribution >= 0.6 is 0 Å². The monoisotopic (exact) mass is 611 g/mol. The van der Waals surface area contributed by atoms with Gasteiger partial charge >= 0.3 is 0 Å². The molecule has 0 saturated heterocycles. The van der Waals surface area contributed by atoms with Gasteiger partial charge in [0.25, 0.3) is 0 Å². The van der Waals surface area contributed by atoms with E-state index in [9.17, 15) is 0 Å². The highest BCUT2D eigenvalue weighted by molar-refractivity contribution is 6.06. The van der Waals surface area contributed by atoms with Crippen LogP contribution in [0, 0.1) is 17.3 Å². The molecule has 0 saturated carbocycles. The molecule has 1 spiro atoms. The molecule has 1 atom stereocenters. The second-order valence-corrected chi connectivity index (χ2v) is 16.7. The first kappa shape index (κ1) is 31.3. The minimum atomic E-state index is -0.330. The van der Waals surface area contributed by atoms with Gasteiger partial charge in [0.2, 0.25) is 11.2 Å². The zero-order valence-corrected chi connectivity index (χ0v) is 30.4. The molecule has 3 aliphatic rings. The van der Waals surface area contributed by atoms with Gasteiger partial charge in [-0.3, -0.25) is 0 Å². The Morgan fingerprint density at radius 3 is 2.20 bits per heavy atom. The van der Waals surface area contributed by atoms with E-state index < -0.39 is 0 Å². The van der Waals surface area contributed by atoms with E-state index in [1.807, 2.05) is 0 Å². The predicted octanol–water partition coefficient (Wildman–Crippen LogP) is 11.5. The molecule has 4 aromatic rings. The van der Waals surface area contributed by atoms with E-state index >= 15 is 0 Å². The number of rotatable bonds is 7. The third-order valence-electron chi connectivity index (χ3n) is 13.1. The third kappa shape index (κ3) is 4.07. The highest BCUT2D eigenvalue weighted by Gasteiger charge is 2.58. The summed E-state index contributed by atoms with van der Waals surface area (Å²) in [4.78, 5) is 5.70. The second kappa shape index (κ2) is 10.4. The van der Waals surface area contributed by atoms with Crippen molar-refractivity contribution in [1.29, 1.82) is 0 Å². The van der Waals surface area contributed by atoms with E-state index in [-0.39, 0.29) is 21.8 Å². The zero-order valence-electron chi connectivity index (χ0n) is 30.4. The molecule has 2 aromatic carbocycles. The summed E-state index contributed by atoms with van der Waals surface area (Å²) in [6.45, 7) is 26.4. The van der Waals surface area contributed by atoms with Crippen LogP contribution < -0.4 is 4.57 Å². The van der Waals surface area contributed by atoms with Gasteiger partial charge in [0.15, 0.2) is 6.20 Å². The van der Waals surface area contributed by atoms with Crippen LogP contribution in [0.5, 0.6) is 0 Å². The van der Waals surface area contributed by atoms with Crippen molar-refractivity contribution in [3.8, 4) is 11.3 Å². The summed E-state index contributed by atoms with van der Waals surface area (Å²) in [5.74, 6) is 1.14. The van der Waals surface area contributed by atoms with Crippen LogP contribution in [0.3, 0.4) is 0 Å². The minimum absolute atomic E-state index is 0.0121. The molecule has 2 aliphatic carbocycles. The minimum Gasteiger partial charge on any atom is -0.244 e. The number of fused-ring (bicyclic) bond motifs is 4. The van der Waals surface area contributed by atoms with E-state index in [1.165, 1.54) is 68.2 Å². The maximum Gasteiger partial charge on any atom is 0.233 e. The number of para-hydroxylation sites is 1. The van der Waals surface area contributed by atoms with Gasteiger partial charge in [0.05, 0.1) is 16.5 Å². The lowest BCUT2D eigenvalue weighted by Crippen LogP contribution is -2.55. The number of allylic oxidation sites excluding steroid dienone is 4. The Hall–Kier alpha value is -3.26. The summed E-state index contributed by atoms with van der Waals surface area (Å²) in [6.07, 6.45) is 13.4. The Balaban J connectivity index is 1.65. The lowest BCUT2D eigenvalue weighted by atomic mass is 9.62. The van der Waals surface area contributed by atoms with E-state index in [0.29, 0.717) is 11.8 Å². The van der Waals surface area contributed by atoms with Crippen LogP contribution in [0.2, 0.25) is 0 Å². The smallest absolute Gasteiger partial charge is 0.233 e. The summed E-state index contributed by atoms with van der Waals surface area (Å²) in [7, 11) is 0. The number of benzene rings is 2. The molecule has 0 radical (unpaired) electrons. The Labute approximate surface area is 278 Å². The molecule has 0 amide bonds. The van der Waals surface area contributed by atoms with Gasteiger partial charge in [-0.05, 0) is 88.1 Å². The predicted molar refractivity (Wildman–Crippen MR) is 195 cm³/mol. The van der Waals surface area contributed by atoms with Crippen LogP contribution in [-0.2, 0) is 16.4 Å². The molecule has 0 bridgehead atoms. The van der Waals surface area contributed by atoms with Gasteiger partial charge in [-0.1, -0.05) is 118 Å². The van der Waals surface area contributed by atoms with Gasteiger partial charge < -0.3 is 0 Å². The molecule has 46 heavy (non-hydrogen) atoms. The molecule has 2 nitrogen and oxygen atoms in total. The lowest BCUT2D eigenvalue weighted by Gasteiger charge is -2.41. The summed E-state index contributed by atoms with van der Waals surface area (Å²) in [5.41, 5.74) is 12.3. The van der Waals surface area contributed by atoms with Crippen molar-refractivity contribution in [2.75, 3.05) is 0 Å². The van der Waals surface area contributed by atoms with E-state index in [1.54, 1.807) is 5.57 Å². The van der Waals surface area contributed by atoms with Crippen molar-refractivity contribution >= 4 is 21.7 Å². The SMILES string of the molecule is CCC(CC)C1=CC2(CC(C(CC)CC)=C1)c1nc3ccccc3c3c1-c1c4c(cc(C(C)(C)C(C)(C)C)cc4cc[n+]12)C3(C)C. The van der Waals surface area contributed by atoms with E-state index in [4.69, 9.17) is 4.98 Å². The highest BCUT2D eigenvalue weighted by Crippen LogP contribution is 2.58. The fourth-order valence-corrected chi connectivity index (χ4v) is 9.25. The van der Waals surface area contributed by atoms with Gasteiger partial charge in [-0.25, -0.2) is 4.98 Å². The Morgan fingerprint density at radius 1 is 0.870 bits per heavy atom. The third-order valence-corrected chi connectivity index (χ3v) is 13.1. The van der Waals surface area contributed by atoms with Gasteiger partial charge in [0.1, 0.15) is 5.69 Å². The van der Waals surface area contributed by atoms with Gasteiger partial charge in [-0.15, -0.1) is 0 Å². The van der Waals surface area contributed by atoms with E-state index in [0.717, 1.165) is 24.8 Å². The first-order valence-corrected chi connectivity index (χ1v) is 18.2. The van der Waals surface area contributed by atoms with Crippen LogP contribution in [0.4, 0.5) is 0 Å². The molecule has 0 fully saturated rings. The molecule has 1 unspecified atom stereocenters. The van der Waals surface area contributed by atoms with Crippen LogP contribution in [0.25, 0.3) is 32.9 Å². The average molecular weight is 612 g/mol. The van der Waals surface area contributed by atoms with Crippen molar-refractivity contribution in [3.05, 3.63) is 94.3 Å². The molecule has 3 heterocycles. The fraction of sp³-hybridized carbons (Fsp3) is 0.500. The van der Waals surface area contributed by atoms with Gasteiger partial charge in [0, 0.05) is 23.3 Å². The van der Waals surface area contributed by atoms with E-state index in [2.05, 4.69) is 142 Å². The number of hydrogen-bond donors (Lipinski definition) is 0. The average Bonchev–Trinajstić information content (AvgIpc) is 3.27. The standard InChI is InChI=1S/C44H55N2/c1-12-27(13-2)30-22-31(28(14-3)15-4)26-44(25-30)40-37-38(33-18-16-17-19-35(33)45-40)42(8,9)34-24-32(43(10,11)41(5,6)7)23-29-20-21-46(44)39(37)36(29)34/h16-25,27-28H,12-15,26H2,1-11H3/q+1. The number of nitrogens with zero attached hydrogens (tertiary/aromatic N) is 2. The summed E-state index contributed by atoms with van der Waals surface area (Å²) < 4.78 is 2.68. The maximum atomic E-state index is 5.70. The number of aromatic nitrogens is 2. The summed E-state index contributed by atoms with van der Waals surface area (Å²) >= 11 is 0. The molecular formula is C44H55N2+. The van der Waals surface area contributed by atoms with Crippen LogP contribution in [-0.4, -0.2) is 4.98 Å². The molecule has 7 rings (SSSR count). The Kier molecular flexibility index (Phi) is 7.07. The van der Waals surface area contributed by atoms with Crippen molar-refractivity contribution in [2.24, 2.45) is 17.3 Å². The largest absolute Gasteiger partial charge is 0.244 e. The lowest BCUT2D eigenvalue weighted by molar-refractivity contribution is -0.726. The number of pyridine rings is 2. The maximum absolute atomic E-state index is 5.70. The van der Waals surface area contributed by atoms with Crippen molar-refractivity contribution in [2.45, 2.75) is 125 Å². The molecular weight excluding hydrogens is 556 g/mol. The molecule has 0 N–H and O–H groups in total. The highest BCUT2D eigenvalue weighted by atomic mass is 15.1. The van der Waals surface area contributed by atoms with Crippen molar-refractivity contribution in [3.63, 3.8) is 0 Å². The Bertz CT molecular complexity index is 1950. The van der Waals surface area contributed by atoms with Gasteiger partial charge in [-0.2, -0.15) is 4.57 Å². The van der Waals surface area contributed by atoms with Crippen LogP contribution in [0.15, 0.2) is 72.0 Å². The molecule has 1 aliphatic heterocycles. The topological polar surface area (TPSA) is 16.8 Å². The zero-order chi connectivity index (χ0) is 33.0. The second-order valence-electron chi connectivity index (χ2n) is 16.7. The Morgan fingerprint density at radius 2 is 1.54 bits per heavy atom. The van der Waals surface area contributed by atoms with Crippen molar-refractivity contribution in [1.82, 2.24) is 4.98 Å². The normalized spacial score (nSPS) is 19.9. The van der Waals surface area contributed by atoms with Crippen molar-refractivity contribution < 1.29 is 4.57 Å². The first-order valence-electron chi connectivity index (χ1n) is 18.2. The molecule has 2 heteroatoms. The fourth-order valence-electron chi connectivity index (χ4n) is 9.25. The summed E-state index contributed by atoms with van der Waals surface area (Å²) in [5, 5.41) is 4.09. The quantitative estimate of drug-likeness (QED) is 0.190. The molecule has 2 aromatic heterocycles. The molecule has 240 valence electrons. The summed E-state index contributed by atoms with van der Waals surface area (Å²) in [6, 6.07) is 16.5.